The molecule has 2 aliphatic rings. The number of esters is 2. The molecule has 2 aliphatic heterocycles. The predicted octanol–water partition coefficient (Wildman–Crippen LogP) is 1.40. The largest absolute Gasteiger partial charge is 0.466 e. The Kier molecular flexibility index (Phi) is 6.22. The van der Waals surface area contributed by atoms with Crippen LogP contribution in [0.1, 0.15) is 25.8 Å². The zero-order valence-electron chi connectivity index (χ0n) is 17.6. The highest BCUT2D eigenvalue weighted by Gasteiger charge is 2.62. The molecule has 9 heteroatoms. The van der Waals surface area contributed by atoms with Crippen molar-refractivity contribution in [1.82, 2.24) is 0 Å². The van der Waals surface area contributed by atoms with Gasteiger partial charge in [0.25, 0.3) is 0 Å². The van der Waals surface area contributed by atoms with E-state index in [0.717, 1.165) is 0 Å². The van der Waals surface area contributed by atoms with E-state index in [1.165, 1.54) is 4.90 Å². The highest BCUT2D eigenvalue weighted by molar-refractivity contribution is 6.19. The van der Waals surface area contributed by atoms with Gasteiger partial charge in [-0.1, -0.05) is 24.1 Å². The molecule has 0 aliphatic carbocycles. The standard InChI is InChI=1S/C23H21N3O6/c1-4-11-26-16-10-8-7-9-14(16)23(22(26)29)15(13-24)20(25)32-17(12-18(27)30-5-2)19(23)21(28)31-6-3/h1,7-10H,5-6,11-12,25H2,2-3H3. The number of nitrogens with zero attached hydrogens (tertiary/aromatic N) is 2. The smallest absolute Gasteiger partial charge is 0.339 e. The van der Waals surface area contributed by atoms with Gasteiger partial charge in [-0.05, 0) is 19.9 Å². The van der Waals surface area contributed by atoms with Crippen molar-refractivity contribution < 1.29 is 28.6 Å². The fourth-order valence-corrected chi connectivity index (χ4v) is 4.02. The molecule has 0 radical (unpaired) electrons. The third kappa shape index (κ3) is 3.25. The summed E-state index contributed by atoms with van der Waals surface area (Å²) in [4.78, 5) is 40.6. The van der Waals surface area contributed by atoms with Crippen LogP contribution in [0.25, 0.3) is 0 Å². The van der Waals surface area contributed by atoms with E-state index in [-0.39, 0.29) is 36.7 Å². The number of hydrogen-bond acceptors (Lipinski definition) is 8. The van der Waals surface area contributed by atoms with Crippen molar-refractivity contribution in [3.8, 4) is 18.4 Å². The van der Waals surface area contributed by atoms with Gasteiger partial charge in [0.15, 0.2) is 5.41 Å². The van der Waals surface area contributed by atoms with Gasteiger partial charge < -0.3 is 19.9 Å². The number of amides is 1. The summed E-state index contributed by atoms with van der Waals surface area (Å²) >= 11 is 0. The molecule has 1 atom stereocenters. The first-order valence-corrected chi connectivity index (χ1v) is 9.87. The Morgan fingerprint density at radius 3 is 2.56 bits per heavy atom. The third-order valence-corrected chi connectivity index (χ3v) is 5.12. The number of para-hydroxylation sites is 1. The Hall–Kier alpha value is -4.24. The lowest BCUT2D eigenvalue weighted by Gasteiger charge is -2.35. The summed E-state index contributed by atoms with van der Waals surface area (Å²) in [6, 6.07) is 8.51. The van der Waals surface area contributed by atoms with Gasteiger partial charge in [0.05, 0.1) is 19.8 Å². The lowest BCUT2D eigenvalue weighted by molar-refractivity contribution is -0.143. The number of nitriles is 1. The maximum atomic E-state index is 13.9. The van der Waals surface area contributed by atoms with Crippen molar-refractivity contribution in [2.24, 2.45) is 5.73 Å². The van der Waals surface area contributed by atoms with Crippen LogP contribution in [0.2, 0.25) is 0 Å². The number of hydrogen-bond donors (Lipinski definition) is 1. The van der Waals surface area contributed by atoms with Crippen molar-refractivity contribution >= 4 is 23.5 Å². The number of carbonyl (C=O) groups is 3. The second-order valence-corrected chi connectivity index (χ2v) is 6.82. The van der Waals surface area contributed by atoms with Crippen LogP contribution in [-0.2, 0) is 34.0 Å². The average Bonchev–Trinajstić information content (AvgIpc) is 2.98. The SMILES string of the molecule is C#CCN1C(=O)C2(C(C#N)=C(N)OC(CC(=O)OCC)=C2C(=O)OCC)c2ccccc21. The van der Waals surface area contributed by atoms with Gasteiger partial charge in [0, 0.05) is 11.3 Å². The molecule has 2 N–H and O–H groups in total. The summed E-state index contributed by atoms with van der Waals surface area (Å²) in [6.45, 7) is 3.18. The first-order valence-electron chi connectivity index (χ1n) is 9.87. The fourth-order valence-electron chi connectivity index (χ4n) is 4.02. The second-order valence-electron chi connectivity index (χ2n) is 6.82. The van der Waals surface area contributed by atoms with Crippen LogP contribution in [0.15, 0.2) is 47.1 Å². The minimum Gasteiger partial charge on any atom is -0.466 e. The fraction of sp³-hybridized carbons (Fsp3) is 0.304. The Balaban J connectivity index is 2.40. The van der Waals surface area contributed by atoms with E-state index in [2.05, 4.69) is 5.92 Å². The summed E-state index contributed by atoms with van der Waals surface area (Å²) in [5.74, 6) is -0.486. The van der Waals surface area contributed by atoms with E-state index in [4.69, 9.17) is 26.4 Å². The van der Waals surface area contributed by atoms with Crippen LogP contribution in [0.5, 0.6) is 0 Å². The number of rotatable bonds is 6. The van der Waals surface area contributed by atoms with E-state index in [1.807, 2.05) is 6.07 Å². The lowest BCUT2D eigenvalue weighted by atomic mass is 9.68. The van der Waals surface area contributed by atoms with E-state index >= 15 is 0 Å². The monoisotopic (exact) mass is 435 g/mol. The van der Waals surface area contributed by atoms with Gasteiger partial charge in [0.1, 0.15) is 29.4 Å². The van der Waals surface area contributed by atoms with Gasteiger partial charge >= 0.3 is 11.9 Å². The van der Waals surface area contributed by atoms with Crippen molar-refractivity contribution in [2.45, 2.75) is 25.7 Å². The molecule has 1 amide bonds. The molecule has 32 heavy (non-hydrogen) atoms. The highest BCUT2D eigenvalue weighted by atomic mass is 16.5. The summed E-state index contributed by atoms with van der Waals surface area (Å²) in [6.07, 6.45) is 4.98. The van der Waals surface area contributed by atoms with Crippen LogP contribution in [-0.4, -0.2) is 37.6 Å². The van der Waals surface area contributed by atoms with E-state index in [9.17, 15) is 19.6 Å². The summed E-state index contributed by atoms with van der Waals surface area (Å²) in [7, 11) is 0. The molecular weight excluding hydrogens is 414 g/mol. The van der Waals surface area contributed by atoms with Gasteiger partial charge in [-0.3, -0.25) is 14.5 Å². The number of carbonyl (C=O) groups excluding carboxylic acids is 3. The molecule has 0 bridgehead atoms. The molecule has 1 aromatic rings. The molecule has 3 rings (SSSR count). The second kappa shape index (κ2) is 8.86. The maximum absolute atomic E-state index is 13.9. The molecule has 0 saturated heterocycles. The zero-order chi connectivity index (χ0) is 23.5. The Bertz CT molecular complexity index is 1140. The Morgan fingerprint density at radius 1 is 1.25 bits per heavy atom. The van der Waals surface area contributed by atoms with Crippen LogP contribution in [0.4, 0.5) is 5.69 Å². The molecule has 1 unspecified atom stereocenters. The number of anilines is 1. The third-order valence-electron chi connectivity index (χ3n) is 5.12. The molecule has 2 heterocycles. The topological polar surface area (TPSA) is 132 Å². The predicted molar refractivity (Wildman–Crippen MR) is 112 cm³/mol. The Morgan fingerprint density at radius 2 is 1.94 bits per heavy atom. The molecule has 9 nitrogen and oxygen atoms in total. The van der Waals surface area contributed by atoms with Crippen molar-refractivity contribution in [2.75, 3.05) is 24.7 Å². The van der Waals surface area contributed by atoms with Gasteiger partial charge in [-0.25, -0.2) is 4.79 Å². The molecule has 0 aromatic heterocycles. The first kappa shape index (κ1) is 22.4. The van der Waals surface area contributed by atoms with Crippen molar-refractivity contribution in [1.29, 1.82) is 5.26 Å². The van der Waals surface area contributed by atoms with Gasteiger partial charge in [-0.2, -0.15) is 5.26 Å². The zero-order valence-corrected chi connectivity index (χ0v) is 17.6. The number of nitrogens with two attached hydrogens (primary N) is 1. The van der Waals surface area contributed by atoms with E-state index in [1.54, 1.807) is 38.1 Å². The number of fused-ring (bicyclic) bond motifs is 2. The van der Waals surface area contributed by atoms with Crippen LogP contribution in [0.3, 0.4) is 0 Å². The number of terminal acetylenes is 1. The lowest BCUT2D eigenvalue weighted by Crippen LogP contribution is -2.49. The first-order chi connectivity index (χ1) is 15.4. The van der Waals surface area contributed by atoms with Crippen molar-refractivity contribution in [3.63, 3.8) is 0 Å². The summed E-state index contributed by atoms with van der Waals surface area (Å²) in [5, 5.41) is 9.98. The molecule has 1 spiro atoms. The van der Waals surface area contributed by atoms with E-state index < -0.39 is 35.6 Å². The van der Waals surface area contributed by atoms with Crippen molar-refractivity contribution in [3.05, 3.63) is 52.6 Å². The van der Waals surface area contributed by atoms with Gasteiger partial charge in [-0.15, -0.1) is 6.42 Å². The minimum absolute atomic E-state index is 0.0178. The highest BCUT2D eigenvalue weighted by Crippen LogP contribution is 2.54. The number of ether oxygens (including phenoxy) is 3. The van der Waals surface area contributed by atoms with Crippen LogP contribution >= 0.6 is 0 Å². The molecule has 0 fully saturated rings. The molecule has 1 aromatic carbocycles. The Labute approximate surface area is 185 Å². The molecule has 0 saturated carbocycles. The van der Waals surface area contributed by atoms with E-state index in [0.29, 0.717) is 11.3 Å². The summed E-state index contributed by atoms with van der Waals surface area (Å²) in [5.41, 5.74) is 4.21. The minimum atomic E-state index is -1.97. The van der Waals surface area contributed by atoms with Gasteiger partial charge in [0.2, 0.25) is 11.8 Å². The number of benzene rings is 1. The summed E-state index contributed by atoms with van der Waals surface area (Å²) < 4.78 is 15.7. The molecule has 164 valence electrons. The quantitative estimate of drug-likeness (QED) is 0.524. The average molecular weight is 435 g/mol. The molecular formula is C23H21N3O6. The van der Waals surface area contributed by atoms with Crippen LogP contribution < -0.4 is 10.6 Å². The van der Waals surface area contributed by atoms with Crippen LogP contribution in [0, 0.1) is 23.7 Å². The maximum Gasteiger partial charge on any atom is 0.339 e. The normalized spacial score (nSPS) is 19.2.